The predicted molar refractivity (Wildman–Crippen MR) is 122 cm³/mol. The minimum absolute atomic E-state index is 0.437. The van der Waals surface area contributed by atoms with Crippen molar-refractivity contribution < 1.29 is 24.6 Å². The number of nitrogens with zero attached hydrogens (tertiary/aromatic N) is 1. The summed E-state index contributed by atoms with van der Waals surface area (Å²) in [5.74, 6) is -4.54. The smallest absolute Gasteiger partial charge is 0.327 e. The number of benzene rings is 2. The number of aliphatic hydroxyl groups excluding tert-OH is 1. The number of anilines is 1. The number of aryl methyl sites for hydroxylation is 2. The van der Waals surface area contributed by atoms with Gasteiger partial charge in [-0.3, -0.25) is 19.7 Å². The molecule has 2 saturated heterocycles. The van der Waals surface area contributed by atoms with Crippen molar-refractivity contribution in [3.8, 4) is 0 Å². The van der Waals surface area contributed by atoms with Gasteiger partial charge < -0.3 is 10.2 Å². The number of fused-ring (bicyclic) bond motifs is 1. The topological polar surface area (TPSA) is 107 Å². The predicted octanol–water partition coefficient (Wildman–Crippen LogP) is 2.84. The molecule has 168 valence electrons. The van der Waals surface area contributed by atoms with Gasteiger partial charge in [0.25, 0.3) is 0 Å². The van der Waals surface area contributed by atoms with E-state index >= 15 is 0 Å². The van der Waals surface area contributed by atoms with Gasteiger partial charge in [0.1, 0.15) is 0 Å². The summed E-state index contributed by atoms with van der Waals surface area (Å²) < 4.78 is 0.836. The molecule has 0 radical (unpaired) electrons. The van der Waals surface area contributed by atoms with Gasteiger partial charge in [-0.2, -0.15) is 0 Å². The standard InChI is InChI=1S/C24H25BrN2O5/c1-3-13-6-5-7-14(4-2)20(13)27-21(29)17-18(22(27)30)24(12-28,23(31)32)26-19(17)15-8-10-16(25)11-9-15/h5-11,17-19,26,28H,3-4,12H2,1-2H3,(H,31,32). The van der Waals surface area contributed by atoms with Gasteiger partial charge >= 0.3 is 5.97 Å². The van der Waals surface area contributed by atoms with Crippen LogP contribution in [0.5, 0.6) is 0 Å². The van der Waals surface area contributed by atoms with Crippen LogP contribution in [-0.4, -0.2) is 40.1 Å². The molecular weight excluding hydrogens is 476 g/mol. The molecule has 0 saturated carbocycles. The second-order valence-corrected chi connectivity index (χ2v) is 9.17. The molecule has 2 fully saturated rings. The third-order valence-corrected chi connectivity index (χ3v) is 7.23. The Hall–Kier alpha value is -2.55. The first-order valence-electron chi connectivity index (χ1n) is 10.7. The maximum atomic E-state index is 13.8. The van der Waals surface area contributed by atoms with E-state index in [-0.39, 0.29) is 0 Å². The van der Waals surface area contributed by atoms with Gasteiger partial charge in [-0.05, 0) is 41.7 Å². The fraction of sp³-hybridized carbons (Fsp3) is 0.375. The first-order valence-corrected chi connectivity index (χ1v) is 11.5. The van der Waals surface area contributed by atoms with E-state index in [1.807, 2.05) is 32.0 Å². The van der Waals surface area contributed by atoms with Crippen molar-refractivity contribution in [2.24, 2.45) is 11.8 Å². The molecule has 4 rings (SSSR count). The lowest BCUT2D eigenvalue weighted by Gasteiger charge is -2.30. The Labute approximate surface area is 194 Å². The summed E-state index contributed by atoms with van der Waals surface area (Å²) in [6.07, 6.45) is 1.24. The molecule has 2 aromatic rings. The first-order chi connectivity index (χ1) is 15.3. The first kappa shape index (κ1) is 22.6. The Morgan fingerprint density at radius 1 is 1.06 bits per heavy atom. The van der Waals surface area contributed by atoms with Gasteiger partial charge in [0, 0.05) is 10.5 Å². The molecule has 2 aliphatic rings. The van der Waals surface area contributed by atoms with Gasteiger partial charge in [-0.25, -0.2) is 4.90 Å². The SMILES string of the molecule is CCc1cccc(CC)c1N1C(=O)C2C(c3ccc(Br)cc3)NC(CO)(C(=O)O)C2C1=O. The Balaban J connectivity index is 1.90. The lowest BCUT2D eigenvalue weighted by atomic mass is 9.80. The zero-order chi connectivity index (χ0) is 23.2. The molecular formula is C24H25BrN2O5. The number of carbonyl (C=O) groups excluding carboxylic acids is 2. The highest BCUT2D eigenvalue weighted by atomic mass is 79.9. The van der Waals surface area contributed by atoms with Crippen molar-refractivity contribution in [2.45, 2.75) is 38.3 Å². The number of imide groups is 1. The van der Waals surface area contributed by atoms with Crippen molar-refractivity contribution in [2.75, 3.05) is 11.5 Å². The Morgan fingerprint density at radius 2 is 1.66 bits per heavy atom. The number of para-hydroxylation sites is 1. The van der Waals surface area contributed by atoms with Gasteiger partial charge in [0.15, 0.2) is 5.54 Å². The molecule has 8 heteroatoms. The van der Waals surface area contributed by atoms with E-state index in [0.717, 1.165) is 15.6 Å². The average molecular weight is 501 g/mol. The second kappa shape index (κ2) is 8.42. The molecule has 32 heavy (non-hydrogen) atoms. The molecule has 4 atom stereocenters. The van der Waals surface area contributed by atoms with Crippen LogP contribution in [0.1, 0.15) is 36.6 Å². The van der Waals surface area contributed by atoms with E-state index < -0.39 is 47.8 Å². The number of carboxylic acid groups (broad SMARTS) is 1. The van der Waals surface area contributed by atoms with Crippen molar-refractivity contribution >= 4 is 39.4 Å². The van der Waals surface area contributed by atoms with Crippen molar-refractivity contribution in [3.63, 3.8) is 0 Å². The second-order valence-electron chi connectivity index (χ2n) is 8.26. The zero-order valence-corrected chi connectivity index (χ0v) is 19.4. The van der Waals surface area contributed by atoms with Crippen molar-refractivity contribution in [3.05, 3.63) is 63.6 Å². The molecule has 0 spiro atoms. The van der Waals surface area contributed by atoms with Gasteiger partial charge in [-0.1, -0.05) is 60.1 Å². The minimum Gasteiger partial charge on any atom is -0.480 e. The van der Waals surface area contributed by atoms with E-state index in [1.54, 1.807) is 24.3 Å². The number of aliphatic hydroxyl groups is 1. The number of halogens is 1. The maximum Gasteiger partial charge on any atom is 0.327 e. The number of rotatable bonds is 6. The van der Waals surface area contributed by atoms with E-state index in [4.69, 9.17) is 0 Å². The van der Waals surface area contributed by atoms with Crippen molar-refractivity contribution in [1.82, 2.24) is 5.32 Å². The van der Waals surface area contributed by atoms with Crippen LogP contribution < -0.4 is 10.2 Å². The lowest BCUT2D eigenvalue weighted by molar-refractivity contribution is -0.150. The lowest BCUT2D eigenvalue weighted by Crippen LogP contribution is -2.58. The van der Waals surface area contributed by atoms with Gasteiger partial charge in [-0.15, -0.1) is 0 Å². The highest BCUT2D eigenvalue weighted by molar-refractivity contribution is 9.10. The summed E-state index contributed by atoms with van der Waals surface area (Å²) in [5.41, 5.74) is 0.987. The largest absolute Gasteiger partial charge is 0.480 e. The number of hydrogen-bond donors (Lipinski definition) is 3. The van der Waals surface area contributed by atoms with Gasteiger partial charge in [0.2, 0.25) is 11.8 Å². The number of nitrogens with one attached hydrogen (secondary N) is 1. The monoisotopic (exact) mass is 500 g/mol. The highest BCUT2D eigenvalue weighted by Crippen LogP contribution is 2.50. The third-order valence-electron chi connectivity index (χ3n) is 6.70. The van der Waals surface area contributed by atoms with Crippen LogP contribution in [0.3, 0.4) is 0 Å². The number of aliphatic carboxylic acids is 1. The summed E-state index contributed by atoms with van der Waals surface area (Å²) in [5, 5.41) is 23.2. The van der Waals surface area contributed by atoms with Crippen LogP contribution in [-0.2, 0) is 27.2 Å². The number of amides is 2. The van der Waals surface area contributed by atoms with E-state index in [2.05, 4.69) is 21.2 Å². The van der Waals surface area contributed by atoms with Crippen LogP contribution >= 0.6 is 15.9 Å². The van der Waals surface area contributed by atoms with Crippen LogP contribution in [0.15, 0.2) is 46.9 Å². The van der Waals surface area contributed by atoms with Crippen LogP contribution in [0.4, 0.5) is 5.69 Å². The fourth-order valence-corrected chi connectivity index (χ4v) is 5.36. The minimum atomic E-state index is -1.95. The summed E-state index contributed by atoms with van der Waals surface area (Å²) in [4.78, 5) is 41.1. The summed E-state index contributed by atoms with van der Waals surface area (Å²) in [7, 11) is 0. The van der Waals surface area contributed by atoms with Gasteiger partial charge in [0.05, 0.1) is 24.1 Å². The molecule has 2 heterocycles. The molecule has 0 bridgehead atoms. The Kier molecular flexibility index (Phi) is 5.96. The summed E-state index contributed by atoms with van der Waals surface area (Å²) in [6, 6.07) is 12.1. The fourth-order valence-electron chi connectivity index (χ4n) is 5.09. The molecule has 2 aliphatic heterocycles. The molecule has 3 N–H and O–H groups in total. The van der Waals surface area contributed by atoms with E-state index in [9.17, 15) is 24.6 Å². The molecule has 2 aromatic carbocycles. The third kappa shape index (κ3) is 3.20. The number of carboxylic acids is 1. The quantitative estimate of drug-likeness (QED) is 0.526. The van der Waals surface area contributed by atoms with Crippen LogP contribution in [0.2, 0.25) is 0 Å². The van der Waals surface area contributed by atoms with Crippen molar-refractivity contribution in [1.29, 1.82) is 0 Å². The average Bonchev–Trinajstić information content (AvgIpc) is 3.28. The molecule has 0 aromatic heterocycles. The van der Waals surface area contributed by atoms with Crippen LogP contribution in [0.25, 0.3) is 0 Å². The zero-order valence-electron chi connectivity index (χ0n) is 17.8. The maximum absolute atomic E-state index is 13.8. The highest BCUT2D eigenvalue weighted by Gasteiger charge is 2.68. The molecule has 2 amide bonds. The normalized spacial score (nSPS) is 27.1. The Bertz CT molecular complexity index is 1060. The number of carbonyl (C=O) groups is 3. The Morgan fingerprint density at radius 3 is 2.16 bits per heavy atom. The number of hydrogen-bond acceptors (Lipinski definition) is 5. The van der Waals surface area contributed by atoms with E-state index in [0.29, 0.717) is 24.1 Å². The summed E-state index contributed by atoms with van der Waals surface area (Å²) in [6.45, 7) is 3.09. The van der Waals surface area contributed by atoms with Crippen LogP contribution in [0, 0.1) is 11.8 Å². The summed E-state index contributed by atoms with van der Waals surface area (Å²) >= 11 is 3.38. The molecule has 0 aliphatic carbocycles. The molecule has 4 unspecified atom stereocenters. The van der Waals surface area contributed by atoms with E-state index in [1.165, 1.54) is 4.90 Å². The molecule has 7 nitrogen and oxygen atoms in total.